The topological polar surface area (TPSA) is 69.6 Å². The summed E-state index contributed by atoms with van der Waals surface area (Å²) in [5, 5.41) is 12.3. The van der Waals surface area contributed by atoms with E-state index in [4.69, 9.17) is 28.9 Å². The molecule has 0 unspecified atom stereocenters. The van der Waals surface area contributed by atoms with Crippen molar-refractivity contribution in [1.82, 2.24) is 20.2 Å². The summed E-state index contributed by atoms with van der Waals surface area (Å²) in [6.07, 6.45) is 0. The molecule has 0 aliphatic rings. The van der Waals surface area contributed by atoms with E-state index in [1.807, 2.05) is 0 Å². The third kappa shape index (κ3) is 2.55. The van der Waals surface area contributed by atoms with E-state index in [1.54, 1.807) is 18.2 Å². The molecular formula is C13H8Cl2FN5. The molecule has 0 aliphatic carbocycles. The van der Waals surface area contributed by atoms with Gasteiger partial charge in [0.1, 0.15) is 5.82 Å². The van der Waals surface area contributed by atoms with Crippen LogP contribution in [0.4, 0.5) is 10.1 Å². The summed E-state index contributed by atoms with van der Waals surface area (Å²) < 4.78 is 14.6. The van der Waals surface area contributed by atoms with E-state index in [0.29, 0.717) is 27.1 Å². The maximum atomic E-state index is 13.1. The third-order valence-corrected chi connectivity index (χ3v) is 3.61. The van der Waals surface area contributed by atoms with Gasteiger partial charge >= 0.3 is 0 Å². The first kappa shape index (κ1) is 13.8. The van der Waals surface area contributed by atoms with Crippen molar-refractivity contribution in [1.29, 1.82) is 0 Å². The highest BCUT2D eigenvalue weighted by atomic mass is 35.5. The number of rotatable bonds is 2. The highest BCUT2D eigenvalue weighted by Crippen LogP contribution is 2.28. The molecule has 21 heavy (non-hydrogen) atoms. The molecule has 0 saturated carbocycles. The van der Waals surface area contributed by atoms with Gasteiger partial charge < -0.3 is 5.73 Å². The Morgan fingerprint density at radius 2 is 1.86 bits per heavy atom. The summed E-state index contributed by atoms with van der Waals surface area (Å²) in [7, 11) is 0. The Balaban J connectivity index is 2.14. The maximum Gasteiger partial charge on any atom is 0.189 e. The van der Waals surface area contributed by atoms with E-state index >= 15 is 0 Å². The number of nitrogens with zero attached hydrogens (tertiary/aromatic N) is 4. The standard InChI is InChI=1S/C13H8Cl2FN5/c14-10-4-2-8(6-11(10)15)21-13(18-19-20-21)9-3-1-7(16)5-12(9)17/h1-6H,17H2. The van der Waals surface area contributed by atoms with E-state index in [2.05, 4.69) is 15.5 Å². The zero-order valence-corrected chi connectivity index (χ0v) is 12.0. The lowest BCUT2D eigenvalue weighted by Gasteiger charge is -2.07. The molecule has 3 rings (SSSR count). The molecule has 2 N–H and O–H groups in total. The van der Waals surface area contributed by atoms with Gasteiger partial charge in [0, 0.05) is 11.3 Å². The summed E-state index contributed by atoms with van der Waals surface area (Å²) >= 11 is 11.9. The lowest BCUT2D eigenvalue weighted by molar-refractivity contribution is 0.628. The number of benzene rings is 2. The van der Waals surface area contributed by atoms with Gasteiger partial charge in [-0.15, -0.1) is 5.10 Å². The quantitative estimate of drug-likeness (QED) is 0.734. The zero-order valence-electron chi connectivity index (χ0n) is 10.5. The van der Waals surface area contributed by atoms with Crippen LogP contribution in [0.15, 0.2) is 36.4 Å². The normalized spacial score (nSPS) is 10.8. The average molecular weight is 324 g/mol. The summed E-state index contributed by atoms with van der Waals surface area (Å²) in [5.74, 6) is -0.0456. The van der Waals surface area contributed by atoms with Crippen molar-refractivity contribution in [2.24, 2.45) is 0 Å². The molecule has 2 aromatic carbocycles. The highest BCUT2D eigenvalue weighted by Gasteiger charge is 2.14. The summed E-state index contributed by atoms with van der Waals surface area (Å²) in [6.45, 7) is 0. The zero-order chi connectivity index (χ0) is 15.0. The predicted molar refractivity (Wildman–Crippen MR) is 79.0 cm³/mol. The van der Waals surface area contributed by atoms with Crippen molar-refractivity contribution in [3.05, 3.63) is 52.3 Å². The first-order valence-corrected chi connectivity index (χ1v) is 6.61. The summed E-state index contributed by atoms with van der Waals surface area (Å²) in [4.78, 5) is 0. The first-order chi connectivity index (χ1) is 10.1. The van der Waals surface area contributed by atoms with Crippen molar-refractivity contribution in [3.8, 4) is 17.1 Å². The van der Waals surface area contributed by atoms with Crippen LogP contribution >= 0.6 is 23.2 Å². The van der Waals surface area contributed by atoms with Crippen LogP contribution in [0, 0.1) is 5.82 Å². The molecule has 106 valence electrons. The van der Waals surface area contributed by atoms with Crippen molar-refractivity contribution in [2.75, 3.05) is 5.73 Å². The maximum absolute atomic E-state index is 13.1. The highest BCUT2D eigenvalue weighted by molar-refractivity contribution is 6.42. The van der Waals surface area contributed by atoms with Crippen LogP contribution in [0.25, 0.3) is 17.1 Å². The number of nitrogen functional groups attached to an aromatic ring is 1. The Kier molecular flexibility index (Phi) is 3.48. The largest absolute Gasteiger partial charge is 0.398 e. The smallest absolute Gasteiger partial charge is 0.189 e. The number of hydrogen-bond donors (Lipinski definition) is 1. The Morgan fingerprint density at radius 3 is 2.57 bits per heavy atom. The molecule has 0 fully saturated rings. The van der Waals surface area contributed by atoms with Crippen LogP contribution in [0.2, 0.25) is 10.0 Å². The lowest BCUT2D eigenvalue weighted by atomic mass is 10.1. The van der Waals surface area contributed by atoms with Gasteiger partial charge in [-0.3, -0.25) is 0 Å². The first-order valence-electron chi connectivity index (χ1n) is 5.85. The van der Waals surface area contributed by atoms with Gasteiger partial charge in [-0.2, -0.15) is 4.68 Å². The van der Waals surface area contributed by atoms with Crippen LogP contribution in [0.1, 0.15) is 0 Å². The molecule has 0 amide bonds. The molecule has 0 spiro atoms. The summed E-state index contributed by atoms with van der Waals surface area (Å²) in [6, 6.07) is 9.00. The van der Waals surface area contributed by atoms with E-state index in [0.717, 1.165) is 0 Å². The second-order valence-corrected chi connectivity index (χ2v) is 5.06. The van der Waals surface area contributed by atoms with Crippen molar-refractivity contribution in [2.45, 2.75) is 0 Å². The van der Waals surface area contributed by atoms with Crippen LogP contribution in [0.5, 0.6) is 0 Å². The molecule has 1 heterocycles. The second kappa shape index (κ2) is 5.31. The van der Waals surface area contributed by atoms with Crippen molar-refractivity contribution >= 4 is 28.9 Å². The summed E-state index contributed by atoms with van der Waals surface area (Å²) in [5.41, 5.74) is 7.20. The molecule has 0 bridgehead atoms. The van der Waals surface area contributed by atoms with E-state index in [9.17, 15) is 4.39 Å². The van der Waals surface area contributed by atoms with Gasteiger partial charge in [-0.25, -0.2) is 4.39 Å². The molecule has 1 aromatic heterocycles. The monoisotopic (exact) mass is 323 g/mol. The fraction of sp³-hybridized carbons (Fsp3) is 0. The minimum atomic E-state index is -0.426. The van der Waals surface area contributed by atoms with E-state index in [-0.39, 0.29) is 5.69 Å². The third-order valence-electron chi connectivity index (χ3n) is 2.87. The fourth-order valence-corrected chi connectivity index (χ4v) is 2.18. The van der Waals surface area contributed by atoms with Gasteiger partial charge in [-0.05, 0) is 46.8 Å². The van der Waals surface area contributed by atoms with Gasteiger partial charge in [-0.1, -0.05) is 23.2 Å². The minimum absolute atomic E-state index is 0.242. The minimum Gasteiger partial charge on any atom is -0.398 e. The Labute approximate surface area is 129 Å². The van der Waals surface area contributed by atoms with Gasteiger partial charge in [0.15, 0.2) is 5.82 Å². The SMILES string of the molecule is Nc1cc(F)ccc1-c1nnnn1-c1ccc(Cl)c(Cl)c1. The number of anilines is 1. The number of aromatic nitrogens is 4. The number of halogens is 3. The molecule has 0 radical (unpaired) electrons. The van der Waals surface area contributed by atoms with Gasteiger partial charge in [0.05, 0.1) is 15.7 Å². The molecule has 0 atom stereocenters. The average Bonchev–Trinajstić information content (AvgIpc) is 2.91. The second-order valence-electron chi connectivity index (χ2n) is 4.24. The van der Waals surface area contributed by atoms with E-state index in [1.165, 1.54) is 22.9 Å². The Hall–Kier alpha value is -2.18. The Morgan fingerprint density at radius 1 is 1.05 bits per heavy atom. The van der Waals surface area contributed by atoms with Crippen LogP contribution < -0.4 is 5.73 Å². The fourth-order valence-electron chi connectivity index (χ4n) is 1.88. The molecule has 0 aliphatic heterocycles. The lowest BCUT2D eigenvalue weighted by Crippen LogP contribution is -2.02. The van der Waals surface area contributed by atoms with Crippen LogP contribution in [0.3, 0.4) is 0 Å². The molecular weight excluding hydrogens is 316 g/mol. The predicted octanol–water partition coefficient (Wildman–Crippen LogP) is 3.36. The molecule has 8 heteroatoms. The molecule has 3 aromatic rings. The van der Waals surface area contributed by atoms with Gasteiger partial charge in [0.2, 0.25) is 0 Å². The van der Waals surface area contributed by atoms with Crippen LogP contribution in [-0.2, 0) is 0 Å². The van der Waals surface area contributed by atoms with Crippen LogP contribution in [-0.4, -0.2) is 20.2 Å². The molecule has 5 nitrogen and oxygen atoms in total. The van der Waals surface area contributed by atoms with E-state index < -0.39 is 5.82 Å². The number of tetrazole rings is 1. The van der Waals surface area contributed by atoms with Crippen molar-refractivity contribution in [3.63, 3.8) is 0 Å². The molecule has 0 saturated heterocycles. The Bertz CT molecular complexity index is 818. The van der Waals surface area contributed by atoms with Crippen molar-refractivity contribution < 1.29 is 4.39 Å². The number of hydrogen-bond acceptors (Lipinski definition) is 4. The van der Waals surface area contributed by atoms with Gasteiger partial charge in [0.25, 0.3) is 0 Å². The number of nitrogens with two attached hydrogens (primary N) is 1.